The van der Waals surface area contributed by atoms with E-state index in [9.17, 15) is 9.90 Å². The summed E-state index contributed by atoms with van der Waals surface area (Å²) >= 11 is 8.43. The van der Waals surface area contributed by atoms with Crippen LogP contribution in [0.1, 0.15) is 40.9 Å². The van der Waals surface area contributed by atoms with Gasteiger partial charge in [-0.15, -0.1) is 11.3 Å². The van der Waals surface area contributed by atoms with Crippen molar-refractivity contribution >= 4 is 54.8 Å². The molecule has 1 aliphatic rings. The number of hydrogen-bond acceptors (Lipinski definition) is 4. The Labute approximate surface area is 168 Å². The molecule has 7 heteroatoms. The summed E-state index contributed by atoms with van der Waals surface area (Å²) in [5, 5.41) is 11.7. The molecule has 0 bridgehead atoms. The van der Waals surface area contributed by atoms with E-state index < -0.39 is 0 Å². The van der Waals surface area contributed by atoms with Gasteiger partial charge in [-0.05, 0) is 70.8 Å². The van der Waals surface area contributed by atoms with Crippen LogP contribution in [0.5, 0.6) is 0 Å². The molecule has 1 aliphatic carbocycles. The Morgan fingerprint density at radius 3 is 2.64 bits per heavy atom. The molecule has 1 heterocycles. The molecule has 134 valence electrons. The van der Waals surface area contributed by atoms with Crippen molar-refractivity contribution in [1.82, 2.24) is 4.90 Å². The van der Waals surface area contributed by atoms with Gasteiger partial charge in [0.05, 0.1) is 16.7 Å². The first kappa shape index (κ1) is 18.9. The van der Waals surface area contributed by atoms with Crippen LogP contribution in [0.3, 0.4) is 0 Å². The van der Waals surface area contributed by atoms with Crippen LogP contribution in [0, 0.1) is 0 Å². The zero-order valence-electron chi connectivity index (χ0n) is 13.6. The van der Waals surface area contributed by atoms with Crippen molar-refractivity contribution in [3.63, 3.8) is 0 Å². The molecule has 1 amide bonds. The van der Waals surface area contributed by atoms with E-state index in [1.165, 1.54) is 11.3 Å². The zero-order chi connectivity index (χ0) is 18.0. The predicted octanol–water partition coefficient (Wildman–Crippen LogP) is 4.80. The van der Waals surface area contributed by atoms with Crippen LogP contribution in [-0.4, -0.2) is 28.1 Å². The maximum atomic E-state index is 13.1. The van der Waals surface area contributed by atoms with Crippen LogP contribution in [0.25, 0.3) is 0 Å². The molecule has 3 rings (SSSR count). The number of nitrogens with zero attached hydrogens (tertiary/aromatic N) is 1. The quantitative estimate of drug-likeness (QED) is 0.608. The molecule has 2 aromatic rings. The Hall–Kier alpha value is -0.890. The highest BCUT2D eigenvalue weighted by Crippen LogP contribution is 2.32. The number of nitrogen functional groups attached to an aromatic ring is 1. The van der Waals surface area contributed by atoms with Crippen molar-refractivity contribution in [2.75, 3.05) is 5.73 Å². The van der Waals surface area contributed by atoms with Gasteiger partial charge in [-0.1, -0.05) is 22.0 Å². The monoisotopic (exact) mass is 486 g/mol. The number of aliphatic hydroxyl groups excluding tert-OH is 1. The molecule has 0 spiro atoms. The Bertz CT molecular complexity index is 744. The van der Waals surface area contributed by atoms with Crippen molar-refractivity contribution in [3.8, 4) is 0 Å². The van der Waals surface area contributed by atoms with Crippen LogP contribution in [0.2, 0.25) is 0 Å². The van der Waals surface area contributed by atoms with E-state index in [1.54, 1.807) is 0 Å². The minimum absolute atomic E-state index is 0.0342. The Balaban J connectivity index is 1.90. The fourth-order valence-electron chi connectivity index (χ4n) is 3.23. The van der Waals surface area contributed by atoms with Crippen molar-refractivity contribution in [3.05, 3.63) is 49.0 Å². The van der Waals surface area contributed by atoms with Gasteiger partial charge in [-0.25, -0.2) is 0 Å². The fourth-order valence-corrected chi connectivity index (χ4v) is 5.22. The summed E-state index contributed by atoms with van der Waals surface area (Å²) in [6.45, 7) is 0.460. The van der Waals surface area contributed by atoms with Crippen molar-refractivity contribution in [1.29, 1.82) is 0 Å². The molecule has 0 unspecified atom stereocenters. The maximum absolute atomic E-state index is 13.1. The number of nitrogens with two attached hydrogens (primary N) is 1. The van der Waals surface area contributed by atoms with Gasteiger partial charge in [-0.3, -0.25) is 4.79 Å². The van der Waals surface area contributed by atoms with Gasteiger partial charge < -0.3 is 15.7 Å². The molecular formula is C18H20Br2N2O2S. The lowest BCUT2D eigenvalue weighted by molar-refractivity contribution is 0.0480. The number of halogens is 2. The second-order valence-corrected chi connectivity index (χ2v) is 9.05. The number of hydrogen-bond donors (Lipinski definition) is 2. The van der Waals surface area contributed by atoms with Crippen LogP contribution < -0.4 is 5.73 Å². The standard InChI is InChI=1S/C18H20Br2N2O2S/c19-12-8-11(17(21)15(20)9-12)10-22(13-3-5-14(23)6-4-13)18(24)16-2-1-7-25-16/h1-2,7-9,13-14,23H,3-6,10,21H2. The largest absolute Gasteiger partial charge is 0.398 e. The molecule has 1 fully saturated rings. The molecule has 4 nitrogen and oxygen atoms in total. The Kier molecular flexibility index (Phi) is 6.20. The van der Waals surface area contributed by atoms with Crippen LogP contribution in [0.4, 0.5) is 5.69 Å². The van der Waals surface area contributed by atoms with Gasteiger partial charge in [0.15, 0.2) is 0 Å². The number of carbonyl (C=O) groups is 1. The minimum Gasteiger partial charge on any atom is -0.398 e. The van der Waals surface area contributed by atoms with Gasteiger partial charge in [0, 0.05) is 21.5 Å². The maximum Gasteiger partial charge on any atom is 0.264 e. The van der Waals surface area contributed by atoms with E-state index in [4.69, 9.17) is 5.73 Å². The summed E-state index contributed by atoms with van der Waals surface area (Å²) in [4.78, 5) is 15.7. The second kappa shape index (κ2) is 8.20. The van der Waals surface area contributed by atoms with Gasteiger partial charge in [0.2, 0.25) is 0 Å². The highest BCUT2D eigenvalue weighted by Gasteiger charge is 2.30. The van der Waals surface area contributed by atoms with E-state index in [0.29, 0.717) is 12.2 Å². The number of benzene rings is 1. The molecule has 3 N–H and O–H groups in total. The summed E-state index contributed by atoms with van der Waals surface area (Å²) in [7, 11) is 0. The molecule has 1 aromatic carbocycles. The van der Waals surface area contributed by atoms with Crippen LogP contribution >= 0.6 is 43.2 Å². The van der Waals surface area contributed by atoms with Crippen molar-refractivity contribution in [2.24, 2.45) is 0 Å². The summed E-state index contributed by atoms with van der Waals surface area (Å²) in [5.41, 5.74) is 7.80. The van der Waals surface area contributed by atoms with E-state index in [1.807, 2.05) is 34.5 Å². The summed E-state index contributed by atoms with van der Waals surface area (Å²) < 4.78 is 1.74. The lowest BCUT2D eigenvalue weighted by Crippen LogP contribution is -2.42. The summed E-state index contributed by atoms with van der Waals surface area (Å²) in [5.74, 6) is 0.0342. The molecule has 0 aliphatic heterocycles. The van der Waals surface area contributed by atoms with Crippen LogP contribution in [-0.2, 0) is 6.54 Å². The van der Waals surface area contributed by atoms with Gasteiger partial charge in [-0.2, -0.15) is 0 Å². The summed E-state index contributed by atoms with van der Waals surface area (Å²) in [6.07, 6.45) is 2.84. The number of thiophene rings is 1. The average Bonchev–Trinajstić information content (AvgIpc) is 3.11. The molecule has 0 atom stereocenters. The van der Waals surface area contributed by atoms with E-state index >= 15 is 0 Å². The lowest BCUT2D eigenvalue weighted by Gasteiger charge is -2.36. The molecule has 0 saturated heterocycles. The van der Waals surface area contributed by atoms with Gasteiger partial charge >= 0.3 is 0 Å². The van der Waals surface area contributed by atoms with E-state index in [-0.39, 0.29) is 18.1 Å². The van der Waals surface area contributed by atoms with Gasteiger partial charge in [0.1, 0.15) is 0 Å². The second-order valence-electron chi connectivity index (χ2n) is 6.33. The van der Waals surface area contributed by atoms with E-state index in [0.717, 1.165) is 45.1 Å². The summed E-state index contributed by atoms with van der Waals surface area (Å²) in [6, 6.07) is 7.74. The average molecular weight is 488 g/mol. The minimum atomic E-state index is -0.250. The predicted molar refractivity (Wildman–Crippen MR) is 109 cm³/mol. The molecule has 25 heavy (non-hydrogen) atoms. The Morgan fingerprint density at radius 1 is 1.28 bits per heavy atom. The first-order valence-electron chi connectivity index (χ1n) is 8.21. The zero-order valence-corrected chi connectivity index (χ0v) is 17.6. The molecule has 1 saturated carbocycles. The highest BCUT2D eigenvalue weighted by molar-refractivity contribution is 9.11. The molecule has 0 radical (unpaired) electrons. The fraction of sp³-hybridized carbons (Fsp3) is 0.389. The lowest BCUT2D eigenvalue weighted by atomic mass is 9.91. The Morgan fingerprint density at radius 2 is 2.00 bits per heavy atom. The number of aliphatic hydroxyl groups is 1. The first-order valence-corrected chi connectivity index (χ1v) is 10.7. The molecular weight excluding hydrogens is 468 g/mol. The normalized spacial score (nSPS) is 20.4. The third-order valence-corrected chi connectivity index (χ3v) is 6.59. The highest BCUT2D eigenvalue weighted by atomic mass is 79.9. The van der Waals surface area contributed by atoms with E-state index in [2.05, 4.69) is 31.9 Å². The topological polar surface area (TPSA) is 66.6 Å². The number of rotatable bonds is 4. The van der Waals surface area contributed by atoms with Crippen molar-refractivity contribution < 1.29 is 9.90 Å². The number of anilines is 1. The third-order valence-electron chi connectivity index (χ3n) is 4.62. The third kappa shape index (κ3) is 4.45. The smallest absolute Gasteiger partial charge is 0.264 e. The van der Waals surface area contributed by atoms with Crippen molar-refractivity contribution in [2.45, 2.75) is 44.4 Å². The SMILES string of the molecule is Nc1c(Br)cc(Br)cc1CN(C(=O)c1cccs1)C1CCC(O)CC1. The number of carbonyl (C=O) groups excluding carboxylic acids is 1. The van der Waals surface area contributed by atoms with Crippen LogP contribution in [0.15, 0.2) is 38.6 Å². The first-order chi connectivity index (χ1) is 12.0. The number of amides is 1. The molecule has 1 aromatic heterocycles. The van der Waals surface area contributed by atoms with Gasteiger partial charge in [0.25, 0.3) is 5.91 Å².